The number of hydrogen-bond donors (Lipinski definition) is 2. The van der Waals surface area contributed by atoms with Crippen LogP contribution >= 0.6 is 0 Å². The second-order valence-corrected chi connectivity index (χ2v) is 6.10. The third kappa shape index (κ3) is 3.62. The summed E-state index contributed by atoms with van der Waals surface area (Å²) < 4.78 is 5.28. The molecule has 3 N–H and O–H groups in total. The van der Waals surface area contributed by atoms with Crippen LogP contribution in [-0.4, -0.2) is 32.7 Å². The van der Waals surface area contributed by atoms with Gasteiger partial charge in [0.1, 0.15) is 5.75 Å². The average molecular weight is 325 g/mol. The van der Waals surface area contributed by atoms with Crippen molar-refractivity contribution in [2.24, 2.45) is 5.92 Å². The number of carbonyl (C=O) groups excluding carboxylic acids is 1. The first-order valence-electron chi connectivity index (χ1n) is 8.19. The second-order valence-electron chi connectivity index (χ2n) is 6.10. The van der Waals surface area contributed by atoms with Crippen LogP contribution in [0.3, 0.4) is 0 Å². The molecule has 1 aliphatic rings. The Labute approximate surface area is 142 Å². The van der Waals surface area contributed by atoms with Crippen molar-refractivity contribution in [2.45, 2.75) is 6.42 Å². The Kier molecular flexibility index (Phi) is 4.89. The first-order chi connectivity index (χ1) is 11.7. The number of carbonyl (C=O) groups is 1. The Morgan fingerprint density at radius 2 is 2.12 bits per heavy atom. The number of nitrogens with two attached hydrogens (primary N) is 1. The van der Waals surface area contributed by atoms with E-state index in [1.165, 1.54) is 0 Å². The van der Waals surface area contributed by atoms with Gasteiger partial charge in [-0.3, -0.25) is 4.79 Å². The molecule has 0 aliphatic carbocycles. The molecule has 126 valence electrons. The quantitative estimate of drug-likeness (QED) is 0.829. The molecule has 3 rings (SSSR count). The van der Waals surface area contributed by atoms with Crippen LogP contribution in [-0.2, 0) is 0 Å². The number of hydrogen-bond acceptors (Lipinski definition) is 4. The van der Waals surface area contributed by atoms with Crippen molar-refractivity contribution >= 4 is 17.3 Å². The van der Waals surface area contributed by atoms with Gasteiger partial charge in [-0.25, -0.2) is 0 Å². The number of amides is 1. The van der Waals surface area contributed by atoms with Crippen LogP contribution in [0.25, 0.3) is 0 Å². The summed E-state index contributed by atoms with van der Waals surface area (Å²) in [6, 6.07) is 15.2. The molecule has 2 aromatic carbocycles. The van der Waals surface area contributed by atoms with Crippen molar-refractivity contribution in [1.82, 2.24) is 5.32 Å². The van der Waals surface area contributed by atoms with Gasteiger partial charge in [0.15, 0.2) is 0 Å². The van der Waals surface area contributed by atoms with E-state index in [9.17, 15) is 4.79 Å². The van der Waals surface area contributed by atoms with E-state index < -0.39 is 0 Å². The molecule has 1 unspecified atom stereocenters. The fraction of sp³-hybridized carbons (Fsp3) is 0.316. The van der Waals surface area contributed by atoms with Crippen LogP contribution in [0.1, 0.15) is 16.8 Å². The van der Waals surface area contributed by atoms with E-state index in [1.807, 2.05) is 30.3 Å². The molecular weight excluding hydrogens is 302 g/mol. The summed E-state index contributed by atoms with van der Waals surface area (Å²) in [5, 5.41) is 3.01. The zero-order valence-electron chi connectivity index (χ0n) is 13.9. The number of nitrogens with one attached hydrogen (secondary N) is 1. The number of anilines is 2. The van der Waals surface area contributed by atoms with Gasteiger partial charge in [-0.2, -0.15) is 0 Å². The molecule has 1 aliphatic heterocycles. The van der Waals surface area contributed by atoms with Crippen LogP contribution in [0.2, 0.25) is 0 Å². The number of benzene rings is 2. The van der Waals surface area contributed by atoms with Gasteiger partial charge >= 0.3 is 0 Å². The number of nitrogen functional groups attached to an aromatic ring is 1. The normalized spacial score (nSPS) is 16.9. The fourth-order valence-corrected chi connectivity index (χ4v) is 3.08. The van der Waals surface area contributed by atoms with Crippen LogP contribution in [0.5, 0.6) is 5.75 Å². The van der Waals surface area contributed by atoms with Crippen molar-refractivity contribution in [2.75, 3.05) is 37.4 Å². The molecule has 0 bridgehead atoms. The van der Waals surface area contributed by atoms with Crippen molar-refractivity contribution in [3.05, 3.63) is 54.1 Å². The minimum atomic E-state index is -0.104. The van der Waals surface area contributed by atoms with Gasteiger partial charge < -0.3 is 20.7 Å². The maximum Gasteiger partial charge on any atom is 0.253 e. The molecule has 0 saturated carbocycles. The molecule has 2 aromatic rings. The van der Waals surface area contributed by atoms with Crippen LogP contribution < -0.4 is 20.7 Å². The van der Waals surface area contributed by atoms with Gasteiger partial charge in [0, 0.05) is 37.1 Å². The number of nitrogens with zero attached hydrogens (tertiary/aromatic N) is 1. The zero-order chi connectivity index (χ0) is 16.9. The van der Waals surface area contributed by atoms with E-state index in [-0.39, 0.29) is 5.91 Å². The van der Waals surface area contributed by atoms with Crippen LogP contribution in [0.4, 0.5) is 11.4 Å². The summed E-state index contributed by atoms with van der Waals surface area (Å²) in [6.45, 7) is 2.58. The minimum absolute atomic E-state index is 0.104. The Morgan fingerprint density at radius 1 is 1.29 bits per heavy atom. The molecule has 24 heavy (non-hydrogen) atoms. The smallest absolute Gasteiger partial charge is 0.253 e. The molecule has 0 radical (unpaired) electrons. The van der Waals surface area contributed by atoms with Gasteiger partial charge in [-0.05, 0) is 36.6 Å². The van der Waals surface area contributed by atoms with Gasteiger partial charge in [0.2, 0.25) is 0 Å². The Bertz CT molecular complexity index is 717. The maximum atomic E-state index is 12.2. The number of ether oxygens (including phenoxy) is 1. The van der Waals surface area contributed by atoms with E-state index in [0.717, 1.165) is 30.9 Å². The Hall–Kier alpha value is -2.69. The third-order valence-corrected chi connectivity index (χ3v) is 4.46. The summed E-state index contributed by atoms with van der Waals surface area (Å²) in [6.07, 6.45) is 1.06. The predicted octanol–water partition coefficient (Wildman–Crippen LogP) is 2.53. The first-order valence-corrected chi connectivity index (χ1v) is 8.19. The first kappa shape index (κ1) is 16.2. The largest absolute Gasteiger partial charge is 0.497 e. The molecule has 0 aromatic heterocycles. The summed E-state index contributed by atoms with van der Waals surface area (Å²) >= 11 is 0. The average Bonchev–Trinajstić information content (AvgIpc) is 3.09. The lowest BCUT2D eigenvalue weighted by Gasteiger charge is -2.19. The van der Waals surface area contributed by atoms with Crippen molar-refractivity contribution in [3.63, 3.8) is 0 Å². The Morgan fingerprint density at radius 3 is 2.92 bits per heavy atom. The molecular formula is C19H23N3O2. The molecule has 1 atom stereocenters. The van der Waals surface area contributed by atoms with Gasteiger partial charge in [-0.15, -0.1) is 0 Å². The van der Waals surface area contributed by atoms with Crippen LogP contribution in [0, 0.1) is 5.92 Å². The molecule has 5 nitrogen and oxygen atoms in total. The lowest BCUT2D eigenvalue weighted by Crippen LogP contribution is -2.31. The van der Waals surface area contributed by atoms with E-state index in [0.29, 0.717) is 23.7 Å². The van der Waals surface area contributed by atoms with Crippen molar-refractivity contribution in [3.8, 4) is 5.75 Å². The van der Waals surface area contributed by atoms with E-state index in [2.05, 4.69) is 16.3 Å². The molecule has 5 heteroatoms. The highest BCUT2D eigenvalue weighted by Gasteiger charge is 2.23. The van der Waals surface area contributed by atoms with E-state index >= 15 is 0 Å². The molecule has 1 heterocycles. The van der Waals surface area contributed by atoms with Gasteiger partial charge in [0.25, 0.3) is 5.91 Å². The number of methoxy groups -OCH3 is 1. The van der Waals surface area contributed by atoms with Crippen molar-refractivity contribution in [1.29, 1.82) is 0 Å². The van der Waals surface area contributed by atoms with Crippen LogP contribution in [0.15, 0.2) is 48.5 Å². The zero-order valence-corrected chi connectivity index (χ0v) is 13.9. The number of para-hydroxylation sites is 1. The van der Waals surface area contributed by atoms with Gasteiger partial charge in [0.05, 0.1) is 12.7 Å². The summed E-state index contributed by atoms with van der Waals surface area (Å²) in [5.41, 5.74) is 8.07. The monoisotopic (exact) mass is 325 g/mol. The topological polar surface area (TPSA) is 67.6 Å². The molecule has 1 fully saturated rings. The fourth-order valence-electron chi connectivity index (χ4n) is 3.08. The lowest BCUT2D eigenvalue weighted by atomic mass is 10.1. The highest BCUT2D eigenvalue weighted by atomic mass is 16.5. The molecule has 1 amide bonds. The third-order valence-electron chi connectivity index (χ3n) is 4.46. The van der Waals surface area contributed by atoms with Crippen molar-refractivity contribution < 1.29 is 9.53 Å². The van der Waals surface area contributed by atoms with Gasteiger partial charge in [-0.1, -0.05) is 18.2 Å². The summed E-state index contributed by atoms with van der Waals surface area (Å²) in [5.74, 6) is 1.20. The maximum absolute atomic E-state index is 12.2. The molecule has 0 spiro atoms. The SMILES string of the molecule is COc1cccc(N2CCC(CNC(=O)c3ccccc3N)C2)c1. The highest BCUT2D eigenvalue weighted by molar-refractivity contribution is 5.99. The Balaban J connectivity index is 1.55. The summed E-state index contributed by atoms with van der Waals surface area (Å²) in [4.78, 5) is 14.6. The predicted molar refractivity (Wildman–Crippen MR) is 96.5 cm³/mol. The lowest BCUT2D eigenvalue weighted by molar-refractivity contribution is 0.0949. The van der Waals surface area contributed by atoms with E-state index in [1.54, 1.807) is 19.2 Å². The summed E-state index contributed by atoms with van der Waals surface area (Å²) in [7, 11) is 1.68. The molecule has 1 saturated heterocycles. The standard InChI is InChI=1S/C19H23N3O2/c1-24-16-6-4-5-15(11-16)22-10-9-14(13-22)12-21-19(23)17-7-2-3-8-18(17)20/h2-8,11,14H,9-10,12-13,20H2,1H3,(H,21,23). The highest BCUT2D eigenvalue weighted by Crippen LogP contribution is 2.26. The number of rotatable bonds is 5. The van der Waals surface area contributed by atoms with E-state index in [4.69, 9.17) is 10.5 Å². The minimum Gasteiger partial charge on any atom is -0.497 e. The second kappa shape index (κ2) is 7.25.